The Labute approximate surface area is 131 Å². The van der Waals surface area contributed by atoms with Crippen LogP contribution in [0.4, 0.5) is 5.69 Å². The van der Waals surface area contributed by atoms with Gasteiger partial charge in [0.05, 0.1) is 19.4 Å². The van der Waals surface area contributed by atoms with Crippen molar-refractivity contribution >= 4 is 17.6 Å². The van der Waals surface area contributed by atoms with Gasteiger partial charge in [-0.05, 0) is 31.9 Å². The lowest BCUT2D eigenvalue weighted by Gasteiger charge is -2.30. The summed E-state index contributed by atoms with van der Waals surface area (Å²) in [5, 5.41) is 0. The molecule has 5 heteroatoms. The smallest absolute Gasteiger partial charge is 0.328 e. The van der Waals surface area contributed by atoms with Crippen molar-refractivity contribution in [2.24, 2.45) is 0 Å². The molecule has 1 aromatic carbocycles. The van der Waals surface area contributed by atoms with Crippen LogP contribution in [-0.2, 0) is 19.1 Å². The zero-order valence-corrected chi connectivity index (χ0v) is 13.6. The highest BCUT2D eigenvalue weighted by molar-refractivity contribution is 6.01. The van der Waals surface area contributed by atoms with E-state index in [9.17, 15) is 9.59 Å². The maximum absolute atomic E-state index is 12.5. The van der Waals surface area contributed by atoms with Crippen LogP contribution in [0, 0.1) is 13.8 Å². The summed E-state index contributed by atoms with van der Waals surface area (Å²) in [4.78, 5) is 25.9. The molecule has 0 saturated heterocycles. The molecule has 0 radical (unpaired) electrons. The van der Waals surface area contributed by atoms with Crippen LogP contribution >= 0.6 is 0 Å². The minimum atomic E-state index is -0.732. The number of benzene rings is 1. The van der Waals surface area contributed by atoms with Crippen LogP contribution in [0.15, 0.2) is 30.9 Å². The number of esters is 1. The topological polar surface area (TPSA) is 55.8 Å². The highest BCUT2D eigenvalue weighted by Crippen LogP contribution is 2.27. The van der Waals surface area contributed by atoms with Crippen molar-refractivity contribution in [2.75, 3.05) is 25.2 Å². The van der Waals surface area contributed by atoms with E-state index in [4.69, 9.17) is 9.47 Å². The number of aryl methyl sites for hydroxylation is 2. The SMILES string of the molecule is C=CCOCC(=O)N(c1c(C)cccc1C)C(C)C(=O)OC. The number of hydrogen-bond acceptors (Lipinski definition) is 4. The quantitative estimate of drug-likeness (QED) is 0.441. The van der Waals surface area contributed by atoms with E-state index in [0.29, 0.717) is 5.69 Å². The number of hydrogen-bond donors (Lipinski definition) is 0. The maximum atomic E-state index is 12.5. The fourth-order valence-electron chi connectivity index (χ4n) is 2.30. The first-order valence-corrected chi connectivity index (χ1v) is 7.08. The Kier molecular flexibility index (Phi) is 6.79. The summed E-state index contributed by atoms with van der Waals surface area (Å²) in [6.07, 6.45) is 1.57. The van der Waals surface area contributed by atoms with E-state index in [1.807, 2.05) is 32.0 Å². The van der Waals surface area contributed by atoms with Gasteiger partial charge in [-0.15, -0.1) is 6.58 Å². The van der Waals surface area contributed by atoms with Gasteiger partial charge in [-0.3, -0.25) is 9.69 Å². The third-order valence-electron chi connectivity index (χ3n) is 3.34. The molecule has 1 unspecified atom stereocenters. The number of carbonyl (C=O) groups is 2. The molecule has 1 atom stereocenters. The van der Waals surface area contributed by atoms with Gasteiger partial charge in [-0.25, -0.2) is 4.79 Å². The van der Waals surface area contributed by atoms with Crippen molar-refractivity contribution in [1.29, 1.82) is 0 Å². The maximum Gasteiger partial charge on any atom is 0.328 e. The molecular weight excluding hydrogens is 282 g/mol. The summed E-state index contributed by atoms with van der Waals surface area (Å²) >= 11 is 0. The molecule has 0 fully saturated rings. The van der Waals surface area contributed by atoms with Gasteiger partial charge in [0, 0.05) is 0 Å². The Morgan fingerprint density at radius 3 is 2.41 bits per heavy atom. The number of rotatable bonds is 7. The van der Waals surface area contributed by atoms with E-state index >= 15 is 0 Å². The van der Waals surface area contributed by atoms with E-state index in [1.165, 1.54) is 12.0 Å². The van der Waals surface area contributed by atoms with Crippen LogP contribution in [0.5, 0.6) is 0 Å². The average Bonchev–Trinajstić information content (AvgIpc) is 2.49. The van der Waals surface area contributed by atoms with Gasteiger partial charge < -0.3 is 9.47 Å². The molecule has 120 valence electrons. The molecule has 0 saturated carbocycles. The molecular formula is C17H23NO4. The molecule has 0 bridgehead atoms. The zero-order valence-electron chi connectivity index (χ0n) is 13.6. The molecule has 22 heavy (non-hydrogen) atoms. The van der Waals surface area contributed by atoms with Gasteiger partial charge in [0.25, 0.3) is 5.91 Å². The number of anilines is 1. The van der Waals surface area contributed by atoms with Crippen LogP contribution in [0.25, 0.3) is 0 Å². The van der Waals surface area contributed by atoms with Crippen molar-refractivity contribution in [2.45, 2.75) is 26.8 Å². The lowest BCUT2D eigenvalue weighted by atomic mass is 10.1. The summed E-state index contributed by atoms with van der Waals surface area (Å²) in [6, 6.07) is 4.98. The van der Waals surface area contributed by atoms with E-state index in [1.54, 1.807) is 13.0 Å². The van der Waals surface area contributed by atoms with Crippen molar-refractivity contribution in [3.05, 3.63) is 42.0 Å². The molecule has 1 amide bonds. The van der Waals surface area contributed by atoms with E-state index in [0.717, 1.165) is 11.1 Å². The summed E-state index contributed by atoms with van der Waals surface area (Å²) < 4.78 is 10.0. The van der Waals surface area contributed by atoms with Gasteiger partial charge in [0.2, 0.25) is 0 Å². The van der Waals surface area contributed by atoms with Gasteiger partial charge in [-0.1, -0.05) is 24.3 Å². The fraction of sp³-hybridized carbons (Fsp3) is 0.412. The van der Waals surface area contributed by atoms with Crippen molar-refractivity contribution in [3.8, 4) is 0 Å². The lowest BCUT2D eigenvalue weighted by molar-refractivity contribution is -0.143. The van der Waals surface area contributed by atoms with Gasteiger partial charge in [-0.2, -0.15) is 0 Å². The second kappa shape index (κ2) is 8.34. The van der Waals surface area contributed by atoms with E-state index in [2.05, 4.69) is 6.58 Å². The van der Waals surface area contributed by atoms with Crippen LogP contribution in [-0.4, -0.2) is 38.2 Å². The molecule has 1 aromatic rings. The third kappa shape index (κ3) is 4.18. The normalized spacial score (nSPS) is 11.6. The Bertz CT molecular complexity index is 533. The first-order valence-electron chi connectivity index (χ1n) is 7.08. The molecule has 0 aliphatic rings. The highest BCUT2D eigenvalue weighted by atomic mass is 16.5. The number of ether oxygens (including phenoxy) is 2. The number of nitrogens with zero attached hydrogens (tertiary/aromatic N) is 1. The highest BCUT2D eigenvalue weighted by Gasteiger charge is 2.30. The minimum Gasteiger partial charge on any atom is -0.467 e. The summed E-state index contributed by atoms with van der Waals surface area (Å²) in [5.74, 6) is -0.767. The molecule has 0 aliphatic carbocycles. The zero-order chi connectivity index (χ0) is 16.7. The van der Waals surface area contributed by atoms with Crippen molar-refractivity contribution in [1.82, 2.24) is 0 Å². The van der Waals surface area contributed by atoms with Crippen LogP contribution in [0.2, 0.25) is 0 Å². The standard InChI is InChI=1S/C17H23NO4/c1-6-10-22-11-15(19)18(14(4)17(20)21-5)16-12(2)8-7-9-13(16)3/h6-9,14H,1,10-11H2,2-5H3. The van der Waals surface area contributed by atoms with Gasteiger partial charge in [0.1, 0.15) is 12.6 Å². The molecule has 0 heterocycles. The first kappa shape index (κ1) is 17.9. The molecule has 1 rings (SSSR count). The molecule has 0 aliphatic heterocycles. The minimum absolute atomic E-state index is 0.124. The Morgan fingerprint density at radius 1 is 1.32 bits per heavy atom. The van der Waals surface area contributed by atoms with Crippen LogP contribution in [0.3, 0.4) is 0 Å². The number of para-hydroxylation sites is 1. The van der Waals surface area contributed by atoms with Crippen LogP contribution in [0.1, 0.15) is 18.1 Å². The number of carbonyl (C=O) groups excluding carboxylic acids is 2. The molecule has 5 nitrogen and oxygen atoms in total. The summed E-state index contributed by atoms with van der Waals surface area (Å²) in [6.45, 7) is 9.14. The molecule has 0 N–H and O–H groups in total. The monoisotopic (exact) mass is 305 g/mol. The van der Waals surface area contributed by atoms with Gasteiger partial charge in [0.15, 0.2) is 0 Å². The number of methoxy groups -OCH3 is 1. The lowest BCUT2D eigenvalue weighted by Crippen LogP contribution is -2.46. The largest absolute Gasteiger partial charge is 0.467 e. The fourth-order valence-corrected chi connectivity index (χ4v) is 2.30. The van der Waals surface area contributed by atoms with Crippen LogP contribution < -0.4 is 4.90 Å². The Hall–Kier alpha value is -2.14. The summed E-state index contributed by atoms with van der Waals surface area (Å²) in [5.41, 5.74) is 2.54. The number of amides is 1. The van der Waals surface area contributed by atoms with Crippen molar-refractivity contribution < 1.29 is 19.1 Å². The van der Waals surface area contributed by atoms with E-state index in [-0.39, 0.29) is 19.1 Å². The third-order valence-corrected chi connectivity index (χ3v) is 3.34. The summed E-state index contributed by atoms with van der Waals surface area (Å²) in [7, 11) is 1.31. The van der Waals surface area contributed by atoms with Gasteiger partial charge >= 0.3 is 5.97 Å². The Balaban J connectivity index is 3.19. The second-order valence-electron chi connectivity index (χ2n) is 5.01. The second-order valence-corrected chi connectivity index (χ2v) is 5.01. The first-order chi connectivity index (χ1) is 10.4. The molecule has 0 aromatic heterocycles. The predicted octanol–water partition coefficient (Wildman–Crippen LogP) is 2.40. The average molecular weight is 305 g/mol. The van der Waals surface area contributed by atoms with Crippen molar-refractivity contribution in [3.63, 3.8) is 0 Å². The predicted molar refractivity (Wildman–Crippen MR) is 85.9 cm³/mol. The Morgan fingerprint density at radius 2 is 1.91 bits per heavy atom. The molecule has 0 spiro atoms. The van der Waals surface area contributed by atoms with E-state index < -0.39 is 12.0 Å².